The topological polar surface area (TPSA) is 95.2 Å². The molecule has 2 aromatic carbocycles. The third-order valence-electron chi connectivity index (χ3n) is 4.25. The molecule has 2 aromatic rings. The highest BCUT2D eigenvalue weighted by molar-refractivity contribution is 7.92. The molecular formula is C17H13NO4S. The van der Waals surface area contributed by atoms with E-state index in [0.717, 1.165) is 0 Å². The second kappa shape index (κ2) is 5.21. The number of aliphatic carboxylic acids is 1. The summed E-state index contributed by atoms with van der Waals surface area (Å²) in [6.07, 6.45) is -0.282. The van der Waals surface area contributed by atoms with Gasteiger partial charge in [-0.3, -0.25) is 4.79 Å². The molecule has 0 amide bonds. The van der Waals surface area contributed by atoms with Crippen molar-refractivity contribution in [3.63, 3.8) is 0 Å². The summed E-state index contributed by atoms with van der Waals surface area (Å²) in [5.41, 5.74) is 0.653. The first-order valence-electron chi connectivity index (χ1n) is 6.97. The predicted octanol–water partition coefficient (Wildman–Crippen LogP) is 2.45. The van der Waals surface area contributed by atoms with Crippen molar-refractivity contribution in [3.8, 4) is 6.07 Å². The number of hydrogen-bond donors (Lipinski definition) is 1. The monoisotopic (exact) mass is 327 g/mol. The zero-order valence-electron chi connectivity index (χ0n) is 12.0. The highest BCUT2D eigenvalue weighted by Crippen LogP contribution is 2.51. The summed E-state index contributed by atoms with van der Waals surface area (Å²) in [7, 11) is -4.05. The van der Waals surface area contributed by atoms with Crippen molar-refractivity contribution < 1.29 is 18.3 Å². The molecule has 2 atom stereocenters. The fourth-order valence-electron chi connectivity index (χ4n) is 3.12. The second-order valence-corrected chi connectivity index (χ2v) is 7.61. The molecule has 1 N–H and O–H groups in total. The van der Waals surface area contributed by atoms with Gasteiger partial charge >= 0.3 is 5.97 Å². The average Bonchev–Trinajstić information content (AvgIpc) is 2.92. The number of carboxylic acids is 1. The minimum atomic E-state index is -4.05. The summed E-state index contributed by atoms with van der Waals surface area (Å²) >= 11 is 0. The molecular weight excluding hydrogens is 314 g/mol. The zero-order valence-corrected chi connectivity index (χ0v) is 12.8. The van der Waals surface area contributed by atoms with Crippen LogP contribution >= 0.6 is 0 Å². The van der Waals surface area contributed by atoms with E-state index in [4.69, 9.17) is 0 Å². The van der Waals surface area contributed by atoms with Crippen molar-refractivity contribution in [2.45, 2.75) is 22.0 Å². The Kier molecular flexibility index (Phi) is 3.46. The molecule has 0 heterocycles. The molecule has 0 aliphatic heterocycles. The van der Waals surface area contributed by atoms with Gasteiger partial charge in [-0.25, -0.2) is 8.42 Å². The van der Waals surface area contributed by atoms with E-state index in [-0.39, 0.29) is 16.9 Å². The van der Waals surface area contributed by atoms with Crippen LogP contribution in [0.1, 0.15) is 23.5 Å². The zero-order chi connectivity index (χ0) is 16.7. The number of rotatable bonds is 3. The van der Waals surface area contributed by atoms with E-state index in [0.29, 0.717) is 5.56 Å². The van der Waals surface area contributed by atoms with E-state index in [9.17, 15) is 23.6 Å². The van der Waals surface area contributed by atoms with Gasteiger partial charge in [0.15, 0.2) is 4.75 Å². The molecule has 5 nitrogen and oxygen atoms in total. The second-order valence-electron chi connectivity index (χ2n) is 5.44. The molecule has 0 aromatic heterocycles. The lowest BCUT2D eigenvalue weighted by molar-refractivity contribution is -0.138. The van der Waals surface area contributed by atoms with Crippen molar-refractivity contribution in [1.82, 2.24) is 0 Å². The largest absolute Gasteiger partial charge is 0.481 e. The van der Waals surface area contributed by atoms with Crippen LogP contribution in [0.4, 0.5) is 0 Å². The normalized spacial score (nSPS) is 23.0. The number of fused-ring (bicyclic) bond motifs is 1. The molecule has 1 aliphatic carbocycles. The lowest BCUT2D eigenvalue weighted by atomic mass is 10.0. The van der Waals surface area contributed by atoms with Crippen LogP contribution in [0.2, 0.25) is 0 Å². The molecule has 0 saturated carbocycles. The van der Waals surface area contributed by atoms with Gasteiger partial charge in [-0.1, -0.05) is 42.5 Å². The van der Waals surface area contributed by atoms with Crippen LogP contribution in [0.15, 0.2) is 59.5 Å². The highest BCUT2D eigenvalue weighted by Gasteiger charge is 2.56. The predicted molar refractivity (Wildman–Crippen MR) is 82.4 cm³/mol. The van der Waals surface area contributed by atoms with Crippen LogP contribution in [0.3, 0.4) is 0 Å². The fraction of sp³-hybridized carbons (Fsp3) is 0.176. The first kappa shape index (κ1) is 15.3. The van der Waals surface area contributed by atoms with Crippen molar-refractivity contribution in [2.75, 3.05) is 0 Å². The number of carboxylic acid groups (broad SMARTS) is 1. The minimum absolute atomic E-state index is 0.0161. The molecule has 0 spiro atoms. The minimum Gasteiger partial charge on any atom is -0.481 e. The molecule has 116 valence electrons. The van der Waals surface area contributed by atoms with E-state index < -0.39 is 26.5 Å². The molecule has 0 bridgehead atoms. The number of nitriles is 1. The molecule has 23 heavy (non-hydrogen) atoms. The molecule has 0 fully saturated rings. The van der Waals surface area contributed by atoms with E-state index >= 15 is 0 Å². The van der Waals surface area contributed by atoms with Gasteiger partial charge < -0.3 is 5.11 Å². The van der Waals surface area contributed by atoms with Crippen LogP contribution in [0.5, 0.6) is 0 Å². The first-order valence-corrected chi connectivity index (χ1v) is 8.45. The standard InChI is InChI=1S/C17H13NO4S/c18-11-17(23(21,22)12-6-2-1-3-7-12)10-14(16(19)20)13-8-4-5-9-15(13)17/h1-9,14H,10H2,(H,19,20). The van der Waals surface area contributed by atoms with Crippen molar-refractivity contribution in [1.29, 1.82) is 5.26 Å². The number of hydrogen-bond acceptors (Lipinski definition) is 4. The summed E-state index contributed by atoms with van der Waals surface area (Å²) < 4.78 is 24.3. The maximum absolute atomic E-state index is 13.1. The lowest BCUT2D eigenvalue weighted by Crippen LogP contribution is -2.33. The van der Waals surface area contributed by atoms with E-state index in [1.807, 2.05) is 6.07 Å². The molecule has 0 radical (unpaired) electrons. The number of sulfone groups is 1. The summed E-state index contributed by atoms with van der Waals surface area (Å²) in [5.74, 6) is -2.14. The SMILES string of the molecule is N#CC1(S(=O)(=O)c2ccccc2)CC(C(=O)O)c2ccccc21. The third kappa shape index (κ3) is 2.05. The van der Waals surface area contributed by atoms with Gasteiger partial charge in [0.2, 0.25) is 9.84 Å². The van der Waals surface area contributed by atoms with E-state index in [2.05, 4.69) is 0 Å². The maximum atomic E-state index is 13.1. The Balaban J connectivity index is 2.29. The maximum Gasteiger partial charge on any atom is 0.311 e. The number of carbonyl (C=O) groups is 1. The third-order valence-corrected chi connectivity index (χ3v) is 6.54. The summed E-state index contributed by atoms with van der Waals surface area (Å²) in [6.45, 7) is 0. The summed E-state index contributed by atoms with van der Waals surface area (Å²) in [5, 5.41) is 19.2. The van der Waals surface area contributed by atoms with Crippen LogP contribution in [-0.4, -0.2) is 19.5 Å². The van der Waals surface area contributed by atoms with Gasteiger partial charge in [-0.2, -0.15) is 5.26 Å². The van der Waals surface area contributed by atoms with Gasteiger partial charge in [-0.05, 0) is 23.3 Å². The molecule has 6 heteroatoms. The van der Waals surface area contributed by atoms with Gasteiger partial charge in [0.25, 0.3) is 0 Å². The highest BCUT2D eigenvalue weighted by atomic mass is 32.2. The van der Waals surface area contributed by atoms with Crippen LogP contribution < -0.4 is 0 Å². The van der Waals surface area contributed by atoms with Gasteiger partial charge in [0.05, 0.1) is 16.9 Å². The average molecular weight is 327 g/mol. The molecule has 1 aliphatic rings. The Morgan fingerprint density at radius 2 is 1.74 bits per heavy atom. The van der Waals surface area contributed by atoms with Crippen molar-refractivity contribution in [3.05, 3.63) is 65.7 Å². The number of nitrogens with zero attached hydrogens (tertiary/aromatic N) is 1. The molecule has 0 saturated heterocycles. The smallest absolute Gasteiger partial charge is 0.311 e. The van der Waals surface area contributed by atoms with Crippen LogP contribution in [0.25, 0.3) is 0 Å². The summed E-state index contributed by atoms with van der Waals surface area (Å²) in [6, 6.07) is 16.0. The Hall–Kier alpha value is -2.65. The fourth-order valence-corrected chi connectivity index (χ4v) is 5.02. The van der Waals surface area contributed by atoms with Gasteiger partial charge in [0, 0.05) is 6.42 Å². The van der Waals surface area contributed by atoms with Crippen LogP contribution in [-0.2, 0) is 19.4 Å². The van der Waals surface area contributed by atoms with Crippen LogP contribution in [0, 0.1) is 11.3 Å². The van der Waals surface area contributed by atoms with E-state index in [1.165, 1.54) is 18.2 Å². The molecule has 3 rings (SSSR count). The Labute approximate surface area is 133 Å². The Bertz CT molecular complexity index is 915. The van der Waals surface area contributed by atoms with Gasteiger partial charge in [-0.15, -0.1) is 0 Å². The summed E-state index contributed by atoms with van der Waals surface area (Å²) in [4.78, 5) is 11.5. The Morgan fingerprint density at radius 1 is 1.13 bits per heavy atom. The number of benzene rings is 2. The van der Waals surface area contributed by atoms with Gasteiger partial charge in [0.1, 0.15) is 0 Å². The van der Waals surface area contributed by atoms with E-state index in [1.54, 1.807) is 36.4 Å². The first-order chi connectivity index (χ1) is 10.9. The lowest BCUT2D eigenvalue weighted by Gasteiger charge is -2.22. The van der Waals surface area contributed by atoms with Crippen molar-refractivity contribution in [2.24, 2.45) is 0 Å². The Morgan fingerprint density at radius 3 is 2.35 bits per heavy atom. The van der Waals surface area contributed by atoms with Crippen molar-refractivity contribution >= 4 is 15.8 Å². The molecule has 2 unspecified atom stereocenters. The quantitative estimate of drug-likeness (QED) is 0.934.